The fourth-order valence-electron chi connectivity index (χ4n) is 9.98. The first kappa shape index (κ1) is 47.5. The number of aliphatic hydroxyl groups excluding tert-OH is 2. The summed E-state index contributed by atoms with van der Waals surface area (Å²) in [4.78, 5) is 44.7. The topological polar surface area (TPSA) is 224 Å². The Hall–Kier alpha value is -7.02. The fraction of sp³-hybridized carbons (Fsp3) is 0.400. The minimum absolute atomic E-state index is 0.00137. The maximum absolute atomic E-state index is 15.1. The van der Waals surface area contributed by atoms with Crippen molar-refractivity contribution in [1.82, 2.24) is 4.90 Å². The summed E-state index contributed by atoms with van der Waals surface area (Å²) in [6, 6.07) is 20.9. The number of nitro groups is 2. The molecular formula is C50H54N4O14. The Kier molecular flexibility index (Phi) is 14.9. The quantitative estimate of drug-likeness (QED) is 0.0344. The summed E-state index contributed by atoms with van der Waals surface area (Å²) in [6.07, 6.45) is 7.05. The number of unbranched alkanes of at least 4 members (excludes halogenated alkanes) is 2. The van der Waals surface area contributed by atoms with E-state index in [1.54, 1.807) is 42.5 Å². The highest BCUT2D eigenvalue weighted by Gasteiger charge is 2.66. The van der Waals surface area contributed by atoms with Crippen LogP contribution in [-0.4, -0.2) is 81.8 Å². The lowest BCUT2D eigenvalue weighted by Gasteiger charge is -2.59. The predicted octanol–water partition coefficient (Wildman–Crippen LogP) is 9.38. The van der Waals surface area contributed by atoms with Gasteiger partial charge in [-0.3, -0.25) is 25.1 Å². The largest absolute Gasteiger partial charge is 0.459 e. The SMILES string of the molecule is C=CCO[C@@]12Oc3ccc(Oc4cccc([N+](=O)[O-])c4)cc3[C@H]3[C@H](CCCCO)[C@@H](CCCCO)C=C(C(=NOCC)C[C@@H]1N(Cc1ccc4c(c1)OCO4)C(=O)Oc1ccc([N+](=O)[O-])cc1)[C@H]32. The van der Waals surface area contributed by atoms with Crippen molar-refractivity contribution in [2.24, 2.45) is 22.9 Å². The van der Waals surface area contributed by atoms with Crippen molar-refractivity contribution in [1.29, 1.82) is 0 Å². The molecule has 2 aliphatic carbocycles. The number of non-ortho nitro benzene ring substituents is 2. The fourth-order valence-corrected chi connectivity index (χ4v) is 9.98. The predicted molar refractivity (Wildman–Crippen MR) is 247 cm³/mol. The Morgan fingerprint density at radius 2 is 1.60 bits per heavy atom. The summed E-state index contributed by atoms with van der Waals surface area (Å²) in [7, 11) is 0. The van der Waals surface area contributed by atoms with E-state index in [0.29, 0.717) is 60.0 Å². The van der Waals surface area contributed by atoms with Crippen LogP contribution < -0.4 is 23.7 Å². The van der Waals surface area contributed by atoms with Gasteiger partial charge in [0.2, 0.25) is 12.6 Å². The number of rotatable bonds is 21. The Morgan fingerprint density at radius 1 is 0.882 bits per heavy atom. The first-order valence-electron chi connectivity index (χ1n) is 22.8. The number of nitro benzene ring substituents is 2. The van der Waals surface area contributed by atoms with Gasteiger partial charge in [0.1, 0.15) is 35.6 Å². The molecule has 4 aromatic rings. The summed E-state index contributed by atoms with van der Waals surface area (Å²) in [6.45, 7) is 6.09. The summed E-state index contributed by atoms with van der Waals surface area (Å²) < 4.78 is 38.2. The van der Waals surface area contributed by atoms with Crippen LogP contribution in [0.1, 0.15) is 68.9 Å². The van der Waals surface area contributed by atoms with Crippen molar-refractivity contribution in [3.8, 4) is 34.5 Å². The van der Waals surface area contributed by atoms with Crippen LogP contribution in [0.2, 0.25) is 0 Å². The molecule has 0 saturated heterocycles. The monoisotopic (exact) mass is 934 g/mol. The van der Waals surface area contributed by atoms with Crippen LogP contribution in [0.25, 0.3) is 0 Å². The molecule has 0 spiro atoms. The van der Waals surface area contributed by atoms with Gasteiger partial charge in [0.05, 0.1) is 34.1 Å². The number of benzene rings is 4. The number of nitrogens with zero attached hydrogens (tertiary/aromatic N) is 4. The smallest absolute Gasteiger partial charge is 0.416 e. The van der Waals surface area contributed by atoms with Gasteiger partial charge in [0, 0.05) is 55.9 Å². The minimum atomic E-state index is -1.67. The number of carbonyl (C=O) groups is 1. The number of hydrogen-bond donors (Lipinski definition) is 2. The highest BCUT2D eigenvalue weighted by molar-refractivity contribution is 6.03. The van der Waals surface area contributed by atoms with Crippen LogP contribution in [0.3, 0.4) is 0 Å². The molecule has 2 aliphatic heterocycles. The summed E-state index contributed by atoms with van der Waals surface area (Å²) >= 11 is 0. The van der Waals surface area contributed by atoms with E-state index < -0.39 is 39.6 Å². The van der Waals surface area contributed by atoms with Crippen molar-refractivity contribution in [3.05, 3.63) is 141 Å². The van der Waals surface area contributed by atoms with Gasteiger partial charge in [-0.25, -0.2) is 4.79 Å². The van der Waals surface area contributed by atoms with E-state index in [2.05, 4.69) is 12.7 Å². The summed E-state index contributed by atoms with van der Waals surface area (Å²) in [5, 5.41) is 47.9. The van der Waals surface area contributed by atoms with E-state index in [0.717, 1.165) is 24.0 Å². The van der Waals surface area contributed by atoms with E-state index in [1.807, 2.05) is 19.1 Å². The molecule has 1 fully saturated rings. The molecule has 2 heterocycles. The van der Waals surface area contributed by atoms with E-state index >= 15 is 4.79 Å². The maximum atomic E-state index is 15.1. The van der Waals surface area contributed by atoms with Gasteiger partial charge in [-0.2, -0.15) is 0 Å². The normalized spacial score (nSPS) is 22.5. The maximum Gasteiger partial charge on any atom is 0.416 e. The van der Waals surface area contributed by atoms with Gasteiger partial charge >= 0.3 is 6.09 Å². The van der Waals surface area contributed by atoms with Crippen molar-refractivity contribution < 1.29 is 58.1 Å². The van der Waals surface area contributed by atoms with Gasteiger partial charge in [0.25, 0.3) is 11.4 Å². The molecule has 68 heavy (non-hydrogen) atoms. The number of allylic oxidation sites excluding steroid dienone is 1. The zero-order valence-corrected chi connectivity index (χ0v) is 37.6. The molecule has 6 atom stereocenters. The van der Waals surface area contributed by atoms with Crippen LogP contribution in [0.15, 0.2) is 114 Å². The third-order valence-corrected chi connectivity index (χ3v) is 12.9. The van der Waals surface area contributed by atoms with Gasteiger partial charge in [0.15, 0.2) is 11.5 Å². The Morgan fingerprint density at radius 3 is 2.34 bits per heavy atom. The van der Waals surface area contributed by atoms with Crippen LogP contribution in [0, 0.1) is 38.0 Å². The molecular weight excluding hydrogens is 881 g/mol. The number of carbonyl (C=O) groups excluding carboxylic acids is 1. The minimum Gasteiger partial charge on any atom is -0.459 e. The van der Waals surface area contributed by atoms with Crippen molar-refractivity contribution >= 4 is 23.2 Å². The van der Waals surface area contributed by atoms with Crippen LogP contribution >= 0.6 is 0 Å². The first-order chi connectivity index (χ1) is 33.1. The van der Waals surface area contributed by atoms with Crippen LogP contribution in [0.4, 0.5) is 16.2 Å². The molecule has 0 aromatic heterocycles. The second kappa shape index (κ2) is 21.3. The molecule has 1 saturated carbocycles. The molecule has 0 unspecified atom stereocenters. The van der Waals surface area contributed by atoms with Crippen LogP contribution in [-0.2, 0) is 16.1 Å². The van der Waals surface area contributed by atoms with E-state index in [9.17, 15) is 30.4 Å². The van der Waals surface area contributed by atoms with E-state index in [1.165, 1.54) is 41.3 Å². The molecule has 0 radical (unpaired) electrons. The molecule has 18 heteroatoms. The third-order valence-electron chi connectivity index (χ3n) is 12.9. The zero-order chi connectivity index (χ0) is 47.8. The van der Waals surface area contributed by atoms with Crippen molar-refractivity contribution in [3.63, 3.8) is 0 Å². The van der Waals surface area contributed by atoms with Gasteiger partial charge in [-0.05, 0) is 104 Å². The van der Waals surface area contributed by atoms with E-state index in [4.69, 9.17) is 38.4 Å². The van der Waals surface area contributed by atoms with Gasteiger partial charge in [-0.1, -0.05) is 42.3 Å². The lowest BCUT2D eigenvalue weighted by atomic mass is 9.55. The number of fused-ring (bicyclic) bond motifs is 3. The molecule has 1 amide bonds. The van der Waals surface area contributed by atoms with E-state index in [-0.39, 0.29) is 80.9 Å². The average molecular weight is 935 g/mol. The highest BCUT2D eigenvalue weighted by atomic mass is 16.7. The second-order valence-corrected chi connectivity index (χ2v) is 17.0. The van der Waals surface area contributed by atoms with Crippen molar-refractivity contribution in [2.75, 3.05) is 33.2 Å². The molecule has 4 aliphatic rings. The molecule has 8 rings (SSSR count). The number of amides is 1. The molecule has 4 aromatic carbocycles. The van der Waals surface area contributed by atoms with Gasteiger partial charge < -0.3 is 43.5 Å². The average Bonchev–Trinajstić information content (AvgIpc) is 3.81. The number of oxime groups is 1. The lowest BCUT2D eigenvalue weighted by molar-refractivity contribution is -0.385. The molecule has 2 N–H and O–H groups in total. The lowest BCUT2D eigenvalue weighted by Crippen LogP contribution is -2.70. The number of ether oxygens (including phenoxy) is 6. The zero-order valence-electron chi connectivity index (χ0n) is 37.6. The molecule has 18 nitrogen and oxygen atoms in total. The molecule has 358 valence electrons. The Balaban J connectivity index is 1.33. The molecule has 0 bridgehead atoms. The number of aliphatic hydroxyl groups is 2. The van der Waals surface area contributed by atoms with Crippen molar-refractivity contribution in [2.45, 2.75) is 76.2 Å². The summed E-state index contributed by atoms with van der Waals surface area (Å²) in [5.41, 5.74) is 2.48. The third kappa shape index (κ3) is 9.98. The van der Waals surface area contributed by atoms with Gasteiger partial charge in [-0.15, -0.1) is 6.58 Å². The highest BCUT2D eigenvalue weighted by Crippen LogP contribution is 2.62. The van der Waals surface area contributed by atoms with Crippen LogP contribution in [0.5, 0.6) is 34.5 Å². The Bertz CT molecular complexity index is 2550. The summed E-state index contributed by atoms with van der Waals surface area (Å²) in [5.74, 6) is -0.707. The standard InChI is InChI=1S/C50H54N4O14/c1-3-24-64-50-46(52(30-32-14-20-44-45(25-32)63-31-62-44)49(57)67-36-17-15-34(16-18-36)53(58)59)29-42(51-65-4-2)40-26-33(10-5-7-22-55)39(13-6-8-23-56)47(48(40)50)41-28-38(19-21-43(41)68-50)66-37-12-9-11-35(27-37)54(60)61/h3,9,11-12,14-21,25-28,33,39,46-48,55-56H,1,4-8,10,13,22-24,29-31H2,2H3/t33-,39+,46-,47+,48+,50+/m0/s1. The number of hydrogen-bond acceptors (Lipinski definition) is 15. The second-order valence-electron chi connectivity index (χ2n) is 17.0. The first-order valence-corrected chi connectivity index (χ1v) is 22.8. The Labute approximate surface area is 392 Å².